The Morgan fingerprint density at radius 2 is 1.77 bits per heavy atom. The van der Waals surface area contributed by atoms with E-state index in [4.69, 9.17) is 0 Å². The summed E-state index contributed by atoms with van der Waals surface area (Å²) >= 11 is 0. The molecule has 0 aliphatic carbocycles. The monoisotopic (exact) mass is 364 g/mol. The SMILES string of the molecule is CC.Cc1cc(CCC(=O)N/N=C/c2ccccc2)cc(C(F)(F)F)c1. The molecule has 0 unspecified atom stereocenters. The van der Waals surface area contributed by atoms with E-state index in [1.807, 2.05) is 44.2 Å². The van der Waals surface area contributed by atoms with Crippen molar-refractivity contribution in [1.29, 1.82) is 0 Å². The lowest BCUT2D eigenvalue weighted by molar-refractivity contribution is -0.137. The van der Waals surface area contributed by atoms with Gasteiger partial charge in [-0.2, -0.15) is 18.3 Å². The van der Waals surface area contributed by atoms with Gasteiger partial charge < -0.3 is 0 Å². The normalized spacial score (nSPS) is 11.0. The lowest BCUT2D eigenvalue weighted by atomic mass is 10.0. The molecule has 0 spiro atoms. The maximum Gasteiger partial charge on any atom is 0.416 e. The average Bonchev–Trinajstić information content (AvgIpc) is 2.61. The van der Waals surface area contributed by atoms with Crippen molar-refractivity contribution in [2.75, 3.05) is 0 Å². The highest BCUT2D eigenvalue weighted by molar-refractivity contribution is 5.82. The molecule has 2 aromatic rings. The van der Waals surface area contributed by atoms with Crippen LogP contribution in [0.1, 0.15) is 42.5 Å². The summed E-state index contributed by atoms with van der Waals surface area (Å²) in [5, 5.41) is 3.82. The summed E-state index contributed by atoms with van der Waals surface area (Å²) < 4.78 is 38.3. The molecule has 0 saturated heterocycles. The number of carbonyl (C=O) groups is 1. The highest BCUT2D eigenvalue weighted by atomic mass is 19.4. The quantitative estimate of drug-likeness (QED) is 0.580. The Morgan fingerprint density at radius 1 is 1.12 bits per heavy atom. The van der Waals surface area contributed by atoms with Crippen LogP contribution in [0.2, 0.25) is 0 Å². The number of hydrogen-bond acceptors (Lipinski definition) is 2. The van der Waals surface area contributed by atoms with Crippen molar-refractivity contribution < 1.29 is 18.0 Å². The highest BCUT2D eigenvalue weighted by Gasteiger charge is 2.30. The van der Waals surface area contributed by atoms with E-state index in [9.17, 15) is 18.0 Å². The van der Waals surface area contributed by atoms with Crippen LogP contribution < -0.4 is 5.43 Å². The summed E-state index contributed by atoms with van der Waals surface area (Å²) in [7, 11) is 0. The van der Waals surface area contributed by atoms with Gasteiger partial charge in [0.05, 0.1) is 11.8 Å². The third-order valence-electron chi connectivity index (χ3n) is 3.31. The Balaban J connectivity index is 0.00000163. The first-order chi connectivity index (χ1) is 12.3. The molecular formula is C20H23F3N2O. The van der Waals surface area contributed by atoms with Crippen molar-refractivity contribution >= 4 is 12.1 Å². The second-order valence-corrected chi connectivity index (χ2v) is 5.41. The molecule has 1 N–H and O–H groups in total. The number of halogens is 3. The first-order valence-corrected chi connectivity index (χ1v) is 8.39. The van der Waals surface area contributed by atoms with Crippen LogP contribution in [0.4, 0.5) is 13.2 Å². The van der Waals surface area contributed by atoms with Crippen LogP contribution in [-0.2, 0) is 17.4 Å². The Kier molecular flexibility index (Phi) is 8.55. The number of benzene rings is 2. The minimum Gasteiger partial charge on any atom is -0.273 e. The summed E-state index contributed by atoms with van der Waals surface area (Å²) in [6.45, 7) is 5.60. The molecule has 0 saturated carbocycles. The van der Waals surface area contributed by atoms with E-state index in [0.717, 1.165) is 17.7 Å². The van der Waals surface area contributed by atoms with Crippen LogP contribution in [0.15, 0.2) is 53.6 Å². The van der Waals surface area contributed by atoms with Crippen molar-refractivity contribution in [3.05, 3.63) is 70.8 Å². The standard InChI is InChI=1S/C18H17F3N2O.C2H6/c1-13-9-15(11-16(10-13)18(19,20)21)7-8-17(24)23-22-12-14-5-3-2-4-6-14;1-2/h2-6,9-12H,7-8H2,1H3,(H,23,24);1-2H3/b22-12+;. The largest absolute Gasteiger partial charge is 0.416 e. The molecule has 140 valence electrons. The van der Waals surface area contributed by atoms with Gasteiger partial charge in [0.2, 0.25) is 5.91 Å². The van der Waals surface area contributed by atoms with Gasteiger partial charge in [0.25, 0.3) is 0 Å². The number of aryl methyl sites for hydroxylation is 2. The lowest BCUT2D eigenvalue weighted by Gasteiger charge is -2.10. The molecule has 0 bridgehead atoms. The van der Waals surface area contributed by atoms with E-state index in [2.05, 4.69) is 10.5 Å². The number of rotatable bonds is 5. The molecule has 0 fully saturated rings. The van der Waals surface area contributed by atoms with E-state index >= 15 is 0 Å². The molecule has 3 nitrogen and oxygen atoms in total. The van der Waals surface area contributed by atoms with Crippen LogP contribution >= 0.6 is 0 Å². The second kappa shape index (κ2) is 10.4. The molecule has 0 heterocycles. The zero-order chi connectivity index (χ0) is 19.6. The van der Waals surface area contributed by atoms with Gasteiger partial charge in [0, 0.05) is 6.42 Å². The molecule has 26 heavy (non-hydrogen) atoms. The van der Waals surface area contributed by atoms with Crippen molar-refractivity contribution in [2.24, 2.45) is 5.10 Å². The zero-order valence-electron chi connectivity index (χ0n) is 15.1. The molecule has 1 amide bonds. The van der Waals surface area contributed by atoms with Crippen LogP contribution in [0, 0.1) is 6.92 Å². The highest BCUT2D eigenvalue weighted by Crippen LogP contribution is 2.30. The number of alkyl halides is 3. The third kappa shape index (κ3) is 7.51. The van der Waals surface area contributed by atoms with E-state index in [1.165, 1.54) is 6.21 Å². The summed E-state index contributed by atoms with van der Waals surface area (Å²) in [6.07, 6.45) is -2.60. The topological polar surface area (TPSA) is 41.5 Å². The minimum absolute atomic E-state index is 0.0624. The van der Waals surface area contributed by atoms with Crippen LogP contribution in [-0.4, -0.2) is 12.1 Å². The van der Waals surface area contributed by atoms with Gasteiger partial charge >= 0.3 is 6.18 Å². The summed E-state index contributed by atoms with van der Waals surface area (Å²) in [4.78, 5) is 11.7. The summed E-state index contributed by atoms with van der Waals surface area (Å²) in [6, 6.07) is 13.0. The minimum atomic E-state index is -4.39. The molecule has 2 aromatic carbocycles. The number of nitrogens with one attached hydrogen (secondary N) is 1. The smallest absolute Gasteiger partial charge is 0.273 e. The molecular weight excluding hydrogens is 341 g/mol. The van der Waals surface area contributed by atoms with Crippen LogP contribution in [0.3, 0.4) is 0 Å². The molecule has 0 aromatic heterocycles. The Bertz CT molecular complexity index is 726. The van der Waals surface area contributed by atoms with Gasteiger partial charge in [-0.15, -0.1) is 0 Å². The Morgan fingerprint density at radius 3 is 2.38 bits per heavy atom. The van der Waals surface area contributed by atoms with Gasteiger partial charge in [-0.3, -0.25) is 4.79 Å². The van der Waals surface area contributed by atoms with Crippen LogP contribution in [0.25, 0.3) is 0 Å². The fourth-order valence-electron chi connectivity index (χ4n) is 2.20. The summed E-state index contributed by atoms with van der Waals surface area (Å²) in [5.41, 5.74) is 3.51. The van der Waals surface area contributed by atoms with Gasteiger partial charge in [0.15, 0.2) is 0 Å². The van der Waals surface area contributed by atoms with Crippen molar-refractivity contribution in [1.82, 2.24) is 5.43 Å². The Labute approximate surface area is 151 Å². The van der Waals surface area contributed by atoms with Gasteiger partial charge in [-0.1, -0.05) is 55.8 Å². The lowest BCUT2D eigenvalue weighted by Crippen LogP contribution is -2.18. The van der Waals surface area contributed by atoms with Gasteiger partial charge in [-0.05, 0) is 36.6 Å². The van der Waals surface area contributed by atoms with Crippen molar-refractivity contribution in [3.8, 4) is 0 Å². The predicted molar refractivity (Wildman–Crippen MR) is 98.0 cm³/mol. The third-order valence-corrected chi connectivity index (χ3v) is 3.31. The zero-order valence-corrected chi connectivity index (χ0v) is 15.1. The number of nitrogens with zero attached hydrogens (tertiary/aromatic N) is 1. The number of hydrogen-bond donors (Lipinski definition) is 1. The van der Waals surface area contributed by atoms with Crippen molar-refractivity contribution in [2.45, 2.75) is 39.8 Å². The second-order valence-electron chi connectivity index (χ2n) is 5.41. The van der Waals surface area contributed by atoms with E-state index < -0.39 is 11.7 Å². The number of amides is 1. The Hall–Kier alpha value is -2.63. The van der Waals surface area contributed by atoms with Gasteiger partial charge in [-0.25, -0.2) is 5.43 Å². The summed E-state index contributed by atoms with van der Waals surface area (Å²) in [5.74, 6) is -0.350. The van der Waals surface area contributed by atoms with E-state index in [1.54, 1.807) is 13.0 Å². The maximum absolute atomic E-state index is 12.8. The first kappa shape index (κ1) is 21.4. The average molecular weight is 364 g/mol. The molecule has 0 aliphatic heterocycles. The van der Waals surface area contributed by atoms with Crippen molar-refractivity contribution in [3.63, 3.8) is 0 Å². The maximum atomic E-state index is 12.8. The fraction of sp³-hybridized carbons (Fsp3) is 0.300. The molecule has 0 radical (unpaired) electrons. The van der Waals surface area contributed by atoms with Gasteiger partial charge in [0.1, 0.15) is 0 Å². The molecule has 0 aliphatic rings. The fourth-order valence-corrected chi connectivity index (χ4v) is 2.20. The number of carbonyl (C=O) groups excluding carboxylic acids is 1. The predicted octanol–water partition coefficient (Wildman–Crippen LogP) is 5.12. The molecule has 6 heteroatoms. The molecule has 2 rings (SSSR count). The first-order valence-electron chi connectivity index (χ1n) is 8.39. The number of hydrazone groups is 1. The van der Waals surface area contributed by atoms with E-state index in [0.29, 0.717) is 11.1 Å². The van der Waals surface area contributed by atoms with E-state index in [-0.39, 0.29) is 18.7 Å². The molecule has 0 atom stereocenters. The van der Waals surface area contributed by atoms with Crippen LogP contribution in [0.5, 0.6) is 0 Å².